The molecule has 0 saturated heterocycles. The van der Waals surface area contributed by atoms with E-state index in [1.807, 2.05) is 38.1 Å². The monoisotopic (exact) mass is 251 g/mol. The molecule has 0 atom stereocenters. The predicted octanol–water partition coefficient (Wildman–Crippen LogP) is 1.03. The van der Waals surface area contributed by atoms with Crippen LogP contribution >= 0.6 is 0 Å². The van der Waals surface area contributed by atoms with E-state index in [4.69, 9.17) is 16.0 Å². The van der Waals surface area contributed by atoms with Crippen LogP contribution in [0.5, 0.6) is 0 Å². The Morgan fingerprint density at radius 3 is 2.44 bits per heavy atom. The van der Waals surface area contributed by atoms with Gasteiger partial charge in [0, 0.05) is 24.3 Å². The maximum atomic E-state index is 8.93. The fourth-order valence-electron chi connectivity index (χ4n) is 1.56. The van der Waals surface area contributed by atoms with E-state index in [1.54, 1.807) is 0 Å². The summed E-state index contributed by atoms with van der Waals surface area (Å²) in [6, 6.07) is 7.47. The molecule has 0 aliphatic rings. The number of nitrogens with two attached hydrogens (primary N) is 1. The molecule has 0 spiro atoms. The quantitative estimate of drug-likeness (QED) is 0.263. The Kier molecular flexibility index (Phi) is 5.12. The van der Waals surface area contributed by atoms with Gasteiger partial charge in [0.05, 0.1) is 0 Å². The van der Waals surface area contributed by atoms with E-state index in [1.165, 1.54) is 0 Å². The van der Waals surface area contributed by atoms with Crippen molar-refractivity contribution in [2.75, 3.05) is 6.61 Å². The maximum absolute atomic E-state index is 8.93. The van der Waals surface area contributed by atoms with Gasteiger partial charge in [-0.3, -0.25) is 0 Å². The third kappa shape index (κ3) is 4.35. The molecule has 0 radical (unpaired) electrons. The Hall–Kier alpha value is -1.59. The summed E-state index contributed by atoms with van der Waals surface area (Å²) in [5.74, 6) is 0.107. The first-order valence-corrected chi connectivity index (χ1v) is 5.91. The second-order valence-electron chi connectivity index (χ2n) is 4.89. The molecule has 0 unspecified atom stereocenters. The highest BCUT2D eigenvalue weighted by molar-refractivity contribution is 5.96. The van der Waals surface area contributed by atoms with Crippen LogP contribution in [0.15, 0.2) is 29.4 Å². The van der Waals surface area contributed by atoms with Crippen molar-refractivity contribution >= 4 is 5.84 Å². The van der Waals surface area contributed by atoms with Gasteiger partial charge >= 0.3 is 0 Å². The topological polar surface area (TPSA) is 90.9 Å². The fourth-order valence-corrected chi connectivity index (χ4v) is 1.56. The van der Waals surface area contributed by atoms with Crippen LogP contribution in [0.3, 0.4) is 0 Å². The zero-order chi connectivity index (χ0) is 13.6. The van der Waals surface area contributed by atoms with Crippen molar-refractivity contribution in [2.45, 2.75) is 32.4 Å². The van der Waals surface area contributed by atoms with E-state index in [0.717, 1.165) is 5.56 Å². The van der Waals surface area contributed by atoms with Crippen LogP contribution in [0.1, 0.15) is 31.4 Å². The van der Waals surface area contributed by atoms with Gasteiger partial charge in [-0.1, -0.05) is 29.4 Å². The van der Waals surface area contributed by atoms with Crippen LogP contribution in [0.4, 0.5) is 0 Å². The summed E-state index contributed by atoms with van der Waals surface area (Å²) in [4.78, 5) is 0. The summed E-state index contributed by atoms with van der Waals surface area (Å²) in [6.07, 6.45) is 0.704. The number of hydrogen-bond donors (Lipinski definition) is 4. The van der Waals surface area contributed by atoms with Crippen molar-refractivity contribution in [1.82, 2.24) is 5.32 Å². The molecule has 100 valence electrons. The molecule has 5 nitrogen and oxygen atoms in total. The van der Waals surface area contributed by atoms with E-state index < -0.39 is 0 Å². The zero-order valence-electron chi connectivity index (χ0n) is 10.8. The van der Waals surface area contributed by atoms with Crippen LogP contribution in [0, 0.1) is 0 Å². The number of nitrogens with one attached hydrogen (secondary N) is 1. The lowest BCUT2D eigenvalue weighted by Crippen LogP contribution is -2.39. The van der Waals surface area contributed by atoms with Gasteiger partial charge in [0.15, 0.2) is 5.84 Å². The highest BCUT2D eigenvalue weighted by Gasteiger charge is 2.15. The number of aliphatic hydroxyl groups is 1. The van der Waals surface area contributed by atoms with E-state index in [0.29, 0.717) is 18.5 Å². The third-order valence-electron chi connectivity index (χ3n) is 2.87. The Balaban J connectivity index is 2.59. The first kappa shape index (κ1) is 14.5. The minimum absolute atomic E-state index is 0.0982. The second kappa shape index (κ2) is 6.37. The summed E-state index contributed by atoms with van der Waals surface area (Å²) in [5.41, 5.74) is 7.18. The highest BCUT2D eigenvalue weighted by Crippen LogP contribution is 2.10. The predicted molar refractivity (Wildman–Crippen MR) is 71.6 cm³/mol. The largest absolute Gasteiger partial charge is 0.409 e. The van der Waals surface area contributed by atoms with Crippen molar-refractivity contribution in [1.29, 1.82) is 0 Å². The maximum Gasteiger partial charge on any atom is 0.170 e. The molecule has 1 rings (SSSR count). The fraction of sp³-hybridized carbons (Fsp3) is 0.462. The molecule has 0 saturated carbocycles. The van der Waals surface area contributed by atoms with Crippen molar-refractivity contribution in [2.24, 2.45) is 10.9 Å². The van der Waals surface area contributed by atoms with Gasteiger partial charge in [0.25, 0.3) is 0 Å². The SMILES string of the molecule is CC(C)(CCO)NCc1ccc(/C(N)=N/O)cc1. The summed E-state index contributed by atoms with van der Waals surface area (Å²) in [5, 5.41) is 23.8. The first-order chi connectivity index (χ1) is 8.48. The molecule has 0 amide bonds. The molecule has 0 aliphatic heterocycles. The van der Waals surface area contributed by atoms with Gasteiger partial charge in [0.2, 0.25) is 0 Å². The van der Waals surface area contributed by atoms with Crippen molar-refractivity contribution in [3.8, 4) is 0 Å². The van der Waals surface area contributed by atoms with Crippen molar-refractivity contribution in [3.05, 3.63) is 35.4 Å². The van der Waals surface area contributed by atoms with Gasteiger partial charge in [-0.15, -0.1) is 0 Å². The number of rotatable bonds is 6. The summed E-state index contributed by atoms with van der Waals surface area (Å²) in [6.45, 7) is 4.98. The van der Waals surface area contributed by atoms with Crippen LogP contribution in [0.2, 0.25) is 0 Å². The third-order valence-corrected chi connectivity index (χ3v) is 2.87. The standard InChI is InChI=1S/C13H21N3O2/c1-13(2,7-8-17)15-9-10-3-5-11(6-4-10)12(14)16-18/h3-6,15,17-18H,7-9H2,1-2H3,(H2,14,16). The van der Waals surface area contributed by atoms with Crippen LogP contribution in [0.25, 0.3) is 0 Å². The van der Waals surface area contributed by atoms with Crippen molar-refractivity contribution < 1.29 is 10.3 Å². The molecule has 18 heavy (non-hydrogen) atoms. The normalized spacial score (nSPS) is 12.7. The van der Waals surface area contributed by atoms with E-state index in [9.17, 15) is 0 Å². The molecule has 5 heteroatoms. The zero-order valence-corrected chi connectivity index (χ0v) is 10.8. The number of aliphatic hydroxyl groups excluding tert-OH is 1. The van der Waals surface area contributed by atoms with Crippen LogP contribution < -0.4 is 11.1 Å². The molecule has 0 heterocycles. The number of benzene rings is 1. The number of amidine groups is 1. The molecular weight excluding hydrogens is 230 g/mol. The summed E-state index contributed by atoms with van der Waals surface area (Å²) in [7, 11) is 0. The van der Waals surface area contributed by atoms with Crippen LogP contribution in [-0.4, -0.2) is 28.3 Å². The molecule has 0 aromatic heterocycles. The highest BCUT2D eigenvalue weighted by atomic mass is 16.4. The average molecular weight is 251 g/mol. The Morgan fingerprint density at radius 1 is 1.33 bits per heavy atom. The van der Waals surface area contributed by atoms with Gasteiger partial charge in [-0.25, -0.2) is 0 Å². The first-order valence-electron chi connectivity index (χ1n) is 5.91. The van der Waals surface area contributed by atoms with Gasteiger partial charge in [-0.2, -0.15) is 0 Å². The number of nitrogens with zero attached hydrogens (tertiary/aromatic N) is 1. The molecule has 0 bridgehead atoms. The molecule has 5 N–H and O–H groups in total. The Morgan fingerprint density at radius 2 is 1.94 bits per heavy atom. The smallest absolute Gasteiger partial charge is 0.170 e. The van der Waals surface area contributed by atoms with Gasteiger partial charge in [-0.05, 0) is 25.8 Å². The number of oxime groups is 1. The van der Waals surface area contributed by atoms with Gasteiger partial charge < -0.3 is 21.4 Å². The van der Waals surface area contributed by atoms with Crippen LogP contribution in [-0.2, 0) is 6.54 Å². The number of hydrogen-bond acceptors (Lipinski definition) is 4. The van der Waals surface area contributed by atoms with E-state index in [2.05, 4.69) is 10.5 Å². The molecule has 0 aliphatic carbocycles. The molecule has 1 aromatic carbocycles. The lowest BCUT2D eigenvalue weighted by molar-refractivity contribution is 0.230. The molecule has 0 fully saturated rings. The van der Waals surface area contributed by atoms with E-state index in [-0.39, 0.29) is 18.0 Å². The molecular formula is C13H21N3O2. The molecule has 1 aromatic rings. The van der Waals surface area contributed by atoms with E-state index >= 15 is 0 Å². The minimum Gasteiger partial charge on any atom is -0.409 e. The average Bonchev–Trinajstić information content (AvgIpc) is 2.36. The lowest BCUT2D eigenvalue weighted by Gasteiger charge is -2.25. The lowest BCUT2D eigenvalue weighted by atomic mass is 10.0. The van der Waals surface area contributed by atoms with Gasteiger partial charge in [0.1, 0.15) is 0 Å². The summed E-state index contributed by atoms with van der Waals surface area (Å²) >= 11 is 0. The van der Waals surface area contributed by atoms with Crippen molar-refractivity contribution in [3.63, 3.8) is 0 Å². The Labute approximate surface area is 107 Å². The summed E-state index contributed by atoms with van der Waals surface area (Å²) < 4.78 is 0. The minimum atomic E-state index is -0.0982. The second-order valence-corrected chi connectivity index (χ2v) is 4.89. The Bertz CT molecular complexity index is 399.